The van der Waals surface area contributed by atoms with Gasteiger partial charge in [-0.25, -0.2) is 0 Å². The van der Waals surface area contributed by atoms with E-state index < -0.39 is 5.91 Å². The summed E-state index contributed by atoms with van der Waals surface area (Å²) in [5.41, 5.74) is 5.50. The molecule has 0 fully saturated rings. The normalized spacial score (nSPS) is 10.5. The van der Waals surface area contributed by atoms with Crippen LogP contribution in [0.15, 0.2) is 57.5 Å². The van der Waals surface area contributed by atoms with Gasteiger partial charge in [0.2, 0.25) is 5.91 Å². The summed E-state index contributed by atoms with van der Waals surface area (Å²) in [6, 6.07) is 14.9. The van der Waals surface area contributed by atoms with Crippen LogP contribution in [0.5, 0.6) is 17.2 Å². The maximum absolute atomic E-state index is 12.2. The van der Waals surface area contributed by atoms with E-state index in [1.165, 1.54) is 0 Å². The van der Waals surface area contributed by atoms with Crippen molar-refractivity contribution >= 4 is 54.4 Å². The first-order valence-electron chi connectivity index (χ1n) is 10.4. The lowest BCUT2D eigenvalue weighted by Gasteiger charge is -2.13. The molecule has 2 amide bonds. The summed E-state index contributed by atoms with van der Waals surface area (Å²) in [7, 11) is 0. The van der Waals surface area contributed by atoms with Crippen LogP contribution < -0.4 is 25.1 Å². The summed E-state index contributed by atoms with van der Waals surface area (Å²) in [5.74, 6) is 0.890. The molecule has 0 aliphatic carbocycles. The van der Waals surface area contributed by atoms with Crippen molar-refractivity contribution < 1.29 is 23.8 Å². The minimum absolute atomic E-state index is 0.0688. The second kappa shape index (κ2) is 11.9. The first-order valence-corrected chi connectivity index (χ1v) is 12.0. The zero-order valence-corrected chi connectivity index (χ0v) is 21.4. The Kier molecular flexibility index (Phi) is 8.96. The van der Waals surface area contributed by atoms with Crippen molar-refractivity contribution in [2.24, 2.45) is 0 Å². The van der Waals surface area contributed by atoms with Gasteiger partial charge in [0.25, 0.3) is 5.91 Å². The standard InChI is InChI=1S/C24H24Br2N2O5/c1-3-31-19-9-5-15(11-21(19)32-4-2)12-22(29)27-28-23(30)14-33-20-10-6-16-13-17(25)7-8-18(16)24(20)26/h5-11,13H,3-4,12,14H2,1-2H3,(H,27,29)(H,28,30). The SMILES string of the molecule is CCOc1ccc(CC(=O)NNC(=O)COc2ccc3cc(Br)ccc3c2Br)cc1OCC. The second-order valence-corrected chi connectivity index (χ2v) is 8.66. The Labute approximate surface area is 209 Å². The smallest absolute Gasteiger partial charge is 0.276 e. The Hall–Kier alpha value is -2.78. The molecule has 9 heteroatoms. The topological polar surface area (TPSA) is 85.9 Å². The lowest BCUT2D eigenvalue weighted by Crippen LogP contribution is -2.44. The number of carbonyl (C=O) groups is 2. The highest BCUT2D eigenvalue weighted by atomic mass is 79.9. The molecule has 0 saturated carbocycles. The highest BCUT2D eigenvalue weighted by molar-refractivity contribution is 9.11. The zero-order valence-electron chi connectivity index (χ0n) is 18.2. The average Bonchev–Trinajstić information content (AvgIpc) is 2.79. The van der Waals surface area contributed by atoms with Crippen molar-refractivity contribution in [3.63, 3.8) is 0 Å². The van der Waals surface area contributed by atoms with Gasteiger partial charge < -0.3 is 14.2 Å². The largest absolute Gasteiger partial charge is 0.490 e. The van der Waals surface area contributed by atoms with Gasteiger partial charge in [-0.05, 0) is 76.4 Å². The van der Waals surface area contributed by atoms with Crippen LogP contribution in [0.4, 0.5) is 0 Å². The monoisotopic (exact) mass is 578 g/mol. The first kappa shape index (κ1) is 24.9. The average molecular weight is 580 g/mol. The molecule has 0 spiro atoms. The van der Waals surface area contributed by atoms with E-state index in [2.05, 4.69) is 42.7 Å². The number of hydrogen-bond donors (Lipinski definition) is 2. The molecule has 0 radical (unpaired) electrons. The molecule has 3 aromatic carbocycles. The molecule has 3 rings (SSSR count). The number of hydrazine groups is 1. The molecule has 0 bridgehead atoms. The van der Waals surface area contributed by atoms with Crippen LogP contribution >= 0.6 is 31.9 Å². The number of fused-ring (bicyclic) bond motifs is 1. The Balaban J connectivity index is 1.51. The van der Waals surface area contributed by atoms with Crippen LogP contribution in [-0.2, 0) is 16.0 Å². The Bertz CT molecular complexity index is 1150. The van der Waals surface area contributed by atoms with E-state index in [1.54, 1.807) is 24.3 Å². The van der Waals surface area contributed by atoms with Crippen molar-refractivity contribution in [3.8, 4) is 17.2 Å². The highest BCUT2D eigenvalue weighted by Crippen LogP contribution is 2.34. The number of ether oxygens (including phenoxy) is 3. The number of hydrogen-bond acceptors (Lipinski definition) is 5. The van der Waals surface area contributed by atoms with Crippen molar-refractivity contribution in [2.45, 2.75) is 20.3 Å². The first-order chi connectivity index (χ1) is 15.9. The Morgan fingerprint density at radius 1 is 0.788 bits per heavy atom. The Morgan fingerprint density at radius 3 is 2.24 bits per heavy atom. The summed E-state index contributed by atoms with van der Waals surface area (Å²) in [6.07, 6.45) is 0.0688. The van der Waals surface area contributed by atoms with E-state index in [0.717, 1.165) is 25.3 Å². The van der Waals surface area contributed by atoms with E-state index in [0.29, 0.717) is 30.5 Å². The van der Waals surface area contributed by atoms with Crippen molar-refractivity contribution in [1.29, 1.82) is 0 Å². The molecular weight excluding hydrogens is 556 g/mol. The number of benzene rings is 3. The summed E-state index contributed by atoms with van der Waals surface area (Å²) < 4.78 is 18.4. The van der Waals surface area contributed by atoms with Gasteiger partial charge in [0.15, 0.2) is 18.1 Å². The highest BCUT2D eigenvalue weighted by Gasteiger charge is 2.12. The molecule has 7 nitrogen and oxygen atoms in total. The van der Waals surface area contributed by atoms with E-state index in [9.17, 15) is 9.59 Å². The fraction of sp³-hybridized carbons (Fsp3) is 0.250. The molecule has 0 heterocycles. The lowest BCUT2D eigenvalue weighted by atomic mass is 10.1. The van der Waals surface area contributed by atoms with Crippen LogP contribution in [0.2, 0.25) is 0 Å². The molecular formula is C24H24Br2N2O5. The summed E-state index contributed by atoms with van der Waals surface area (Å²) in [6.45, 7) is 4.51. The third-order valence-electron chi connectivity index (χ3n) is 4.55. The van der Waals surface area contributed by atoms with Gasteiger partial charge in [0, 0.05) is 4.47 Å². The van der Waals surface area contributed by atoms with Gasteiger partial charge in [0.1, 0.15) is 5.75 Å². The van der Waals surface area contributed by atoms with E-state index in [-0.39, 0.29) is 18.9 Å². The van der Waals surface area contributed by atoms with Gasteiger partial charge in [-0.2, -0.15) is 0 Å². The van der Waals surface area contributed by atoms with Gasteiger partial charge >= 0.3 is 0 Å². The van der Waals surface area contributed by atoms with E-state index in [4.69, 9.17) is 14.2 Å². The molecule has 33 heavy (non-hydrogen) atoms. The quantitative estimate of drug-likeness (QED) is 0.351. The zero-order chi connectivity index (χ0) is 23.8. The summed E-state index contributed by atoms with van der Waals surface area (Å²) in [5, 5.41) is 1.99. The summed E-state index contributed by atoms with van der Waals surface area (Å²) in [4.78, 5) is 24.4. The fourth-order valence-electron chi connectivity index (χ4n) is 3.11. The van der Waals surface area contributed by atoms with Crippen LogP contribution in [-0.4, -0.2) is 31.6 Å². The maximum atomic E-state index is 12.2. The molecule has 0 aliphatic heterocycles. The lowest BCUT2D eigenvalue weighted by molar-refractivity contribution is -0.129. The Morgan fingerprint density at radius 2 is 1.48 bits per heavy atom. The minimum Gasteiger partial charge on any atom is -0.490 e. The minimum atomic E-state index is -0.479. The van der Waals surface area contributed by atoms with Crippen LogP contribution in [0, 0.1) is 0 Å². The van der Waals surface area contributed by atoms with Crippen molar-refractivity contribution in [3.05, 3.63) is 63.0 Å². The van der Waals surface area contributed by atoms with Gasteiger partial charge in [-0.15, -0.1) is 0 Å². The van der Waals surface area contributed by atoms with E-state index in [1.807, 2.05) is 38.1 Å². The van der Waals surface area contributed by atoms with Crippen LogP contribution in [0.1, 0.15) is 19.4 Å². The molecule has 174 valence electrons. The maximum Gasteiger partial charge on any atom is 0.276 e. The number of halogens is 2. The molecule has 0 saturated heterocycles. The number of carbonyl (C=O) groups excluding carboxylic acids is 2. The van der Waals surface area contributed by atoms with Crippen molar-refractivity contribution in [1.82, 2.24) is 10.9 Å². The molecule has 0 aromatic heterocycles. The molecule has 0 atom stereocenters. The molecule has 0 aliphatic rings. The second-order valence-electron chi connectivity index (χ2n) is 6.95. The van der Waals surface area contributed by atoms with Crippen LogP contribution in [0.3, 0.4) is 0 Å². The molecule has 3 aromatic rings. The molecule has 2 N–H and O–H groups in total. The predicted molar refractivity (Wildman–Crippen MR) is 134 cm³/mol. The van der Waals surface area contributed by atoms with Crippen molar-refractivity contribution in [2.75, 3.05) is 19.8 Å². The number of amides is 2. The third kappa shape index (κ3) is 6.85. The predicted octanol–water partition coefficient (Wildman–Crippen LogP) is 4.93. The molecule has 0 unspecified atom stereocenters. The van der Waals surface area contributed by atoms with Gasteiger partial charge in [-0.1, -0.05) is 34.1 Å². The van der Waals surface area contributed by atoms with E-state index >= 15 is 0 Å². The van der Waals surface area contributed by atoms with Gasteiger partial charge in [-0.3, -0.25) is 20.4 Å². The fourth-order valence-corrected chi connectivity index (χ4v) is 4.09. The summed E-state index contributed by atoms with van der Waals surface area (Å²) >= 11 is 6.98. The van der Waals surface area contributed by atoms with Crippen LogP contribution in [0.25, 0.3) is 10.8 Å². The number of rotatable bonds is 9. The number of nitrogens with one attached hydrogen (secondary N) is 2. The van der Waals surface area contributed by atoms with Gasteiger partial charge in [0.05, 0.1) is 24.1 Å². The third-order valence-corrected chi connectivity index (χ3v) is 5.86.